The van der Waals surface area contributed by atoms with Gasteiger partial charge in [-0.25, -0.2) is 5.84 Å². The molecular formula is C26H44N4O7. The van der Waals surface area contributed by atoms with Crippen molar-refractivity contribution in [3.63, 3.8) is 0 Å². The van der Waals surface area contributed by atoms with Crippen LogP contribution in [-0.2, 0) is 33.4 Å². The fourth-order valence-corrected chi connectivity index (χ4v) is 6.04. The first-order valence-electron chi connectivity index (χ1n) is 12.9. The van der Waals surface area contributed by atoms with Crippen molar-refractivity contribution >= 4 is 18.3 Å². The molecule has 4 aliphatic rings. The van der Waals surface area contributed by atoms with E-state index >= 15 is 0 Å². The summed E-state index contributed by atoms with van der Waals surface area (Å²) in [5, 5.41) is 2.60. The molecule has 4 rings (SSSR count). The lowest BCUT2D eigenvalue weighted by Gasteiger charge is -2.43. The molecule has 2 saturated heterocycles. The van der Waals surface area contributed by atoms with E-state index < -0.39 is 5.79 Å². The highest BCUT2D eigenvalue weighted by Gasteiger charge is 2.69. The van der Waals surface area contributed by atoms with Crippen molar-refractivity contribution in [2.24, 2.45) is 33.7 Å². The monoisotopic (exact) mass is 524 g/mol. The van der Waals surface area contributed by atoms with Crippen molar-refractivity contribution in [2.45, 2.75) is 78.9 Å². The molecule has 4 N–H and O–H groups in total. The van der Waals surface area contributed by atoms with E-state index in [1.807, 2.05) is 18.9 Å². The van der Waals surface area contributed by atoms with E-state index in [1.54, 1.807) is 0 Å². The zero-order valence-corrected chi connectivity index (χ0v) is 23.1. The van der Waals surface area contributed by atoms with E-state index in [2.05, 4.69) is 25.6 Å². The van der Waals surface area contributed by atoms with E-state index in [0.29, 0.717) is 38.8 Å². The van der Waals surface area contributed by atoms with Crippen LogP contribution >= 0.6 is 0 Å². The predicted octanol–water partition coefficient (Wildman–Crippen LogP) is 2.21. The molecule has 0 aromatic carbocycles. The SMILES string of the molecule is CC1(CN(N)/C2=C(\N)CCC3(C)C(COC=O)C3(C)CC2)COC(C)(C)OC1.CON1C(=O)CCC1=O. The predicted molar refractivity (Wildman–Crippen MR) is 134 cm³/mol. The summed E-state index contributed by atoms with van der Waals surface area (Å²) in [6, 6.07) is 0. The summed E-state index contributed by atoms with van der Waals surface area (Å²) in [4.78, 5) is 36.3. The first-order valence-corrected chi connectivity index (χ1v) is 12.9. The molecule has 37 heavy (non-hydrogen) atoms. The second-order valence-electron chi connectivity index (χ2n) is 12.0. The van der Waals surface area contributed by atoms with Gasteiger partial charge >= 0.3 is 0 Å². The van der Waals surface area contributed by atoms with Crippen molar-refractivity contribution < 1.29 is 33.4 Å². The molecule has 0 spiro atoms. The lowest BCUT2D eigenvalue weighted by Crippen LogP contribution is -2.51. The third-order valence-electron chi connectivity index (χ3n) is 8.88. The number of fused-ring (bicyclic) bond motifs is 1. The second kappa shape index (κ2) is 10.9. The number of hydrogen-bond donors (Lipinski definition) is 2. The van der Waals surface area contributed by atoms with Crippen LogP contribution < -0.4 is 11.6 Å². The van der Waals surface area contributed by atoms with Crippen LogP contribution in [0, 0.1) is 22.2 Å². The van der Waals surface area contributed by atoms with Crippen LogP contribution in [0.5, 0.6) is 0 Å². The van der Waals surface area contributed by atoms with E-state index in [4.69, 9.17) is 25.8 Å². The van der Waals surface area contributed by atoms with Crippen LogP contribution in [0.25, 0.3) is 0 Å². The lowest BCUT2D eigenvalue weighted by molar-refractivity contribution is -0.283. The number of nitrogens with two attached hydrogens (primary N) is 2. The summed E-state index contributed by atoms with van der Waals surface area (Å²) in [7, 11) is 1.31. The summed E-state index contributed by atoms with van der Waals surface area (Å²) in [5.41, 5.74) is 8.50. The van der Waals surface area contributed by atoms with E-state index in [0.717, 1.165) is 42.1 Å². The summed E-state index contributed by atoms with van der Waals surface area (Å²) < 4.78 is 16.8. The molecule has 2 heterocycles. The third-order valence-corrected chi connectivity index (χ3v) is 8.88. The maximum atomic E-state index is 10.6. The number of carbonyl (C=O) groups excluding carboxylic acids is 3. The number of hydroxylamine groups is 2. The molecule has 2 aliphatic heterocycles. The topological polar surface area (TPSA) is 147 Å². The fourth-order valence-electron chi connectivity index (χ4n) is 6.04. The number of rotatable bonds is 7. The highest BCUT2D eigenvalue weighted by atomic mass is 16.7. The van der Waals surface area contributed by atoms with Gasteiger partial charge in [-0.2, -0.15) is 5.06 Å². The maximum Gasteiger partial charge on any atom is 0.293 e. The Morgan fingerprint density at radius 2 is 1.54 bits per heavy atom. The Bertz CT molecular complexity index is 897. The number of allylic oxidation sites excluding steroid dienone is 2. The van der Waals surface area contributed by atoms with Gasteiger partial charge in [-0.15, -0.1) is 0 Å². The number of carbonyl (C=O) groups is 3. The second-order valence-corrected chi connectivity index (χ2v) is 12.0. The summed E-state index contributed by atoms with van der Waals surface area (Å²) in [5.74, 6) is 5.85. The van der Waals surface area contributed by atoms with Crippen LogP contribution in [0.15, 0.2) is 11.4 Å². The van der Waals surface area contributed by atoms with Gasteiger partial charge in [0.25, 0.3) is 18.3 Å². The molecule has 3 atom stereocenters. The Hall–Kier alpha value is -2.21. The molecule has 0 aromatic heterocycles. The molecule has 210 valence electrons. The van der Waals surface area contributed by atoms with Crippen LogP contribution in [0.4, 0.5) is 0 Å². The van der Waals surface area contributed by atoms with Gasteiger partial charge in [-0.3, -0.25) is 19.2 Å². The molecule has 2 aliphatic carbocycles. The van der Waals surface area contributed by atoms with Crippen molar-refractivity contribution in [1.82, 2.24) is 10.1 Å². The summed E-state index contributed by atoms with van der Waals surface area (Å²) >= 11 is 0. The molecule has 0 radical (unpaired) electrons. The summed E-state index contributed by atoms with van der Waals surface area (Å²) in [6.45, 7) is 13.5. The van der Waals surface area contributed by atoms with Gasteiger partial charge in [-0.1, -0.05) is 20.8 Å². The Morgan fingerprint density at radius 1 is 1.00 bits per heavy atom. The van der Waals surface area contributed by atoms with Gasteiger partial charge in [0, 0.05) is 42.1 Å². The van der Waals surface area contributed by atoms with E-state index in [-0.39, 0.29) is 40.9 Å². The quantitative estimate of drug-likeness (QED) is 0.220. The molecule has 0 aromatic rings. The van der Waals surface area contributed by atoms with Gasteiger partial charge in [0.2, 0.25) is 0 Å². The Labute approximate surface area is 219 Å². The van der Waals surface area contributed by atoms with Gasteiger partial charge in [-0.05, 0) is 50.4 Å². The van der Waals surface area contributed by atoms with Gasteiger partial charge < -0.3 is 25.0 Å². The third kappa shape index (κ3) is 6.10. The lowest BCUT2D eigenvalue weighted by atomic mass is 9.84. The first kappa shape index (κ1) is 29.3. The smallest absolute Gasteiger partial charge is 0.293 e. The largest absolute Gasteiger partial charge is 0.468 e. The van der Waals surface area contributed by atoms with E-state index in [9.17, 15) is 14.4 Å². The zero-order chi connectivity index (χ0) is 27.6. The molecule has 2 amide bonds. The minimum atomic E-state index is -0.541. The fraction of sp³-hybridized carbons (Fsp3) is 0.808. The normalized spacial score (nSPS) is 34.5. The highest BCUT2D eigenvalue weighted by Crippen LogP contribution is 2.74. The number of imide groups is 1. The Kier molecular flexibility index (Phi) is 8.63. The number of hydrogen-bond acceptors (Lipinski definition) is 10. The Balaban J connectivity index is 0.000000356. The van der Waals surface area contributed by atoms with Crippen molar-refractivity contribution in [2.75, 3.05) is 33.5 Å². The molecule has 11 heteroatoms. The molecule has 3 fully saturated rings. The Morgan fingerprint density at radius 3 is 2.03 bits per heavy atom. The molecule has 3 unspecified atom stereocenters. The molecule has 11 nitrogen and oxygen atoms in total. The first-order chi connectivity index (χ1) is 17.2. The van der Waals surface area contributed by atoms with E-state index in [1.165, 1.54) is 7.11 Å². The molecule has 0 bridgehead atoms. The van der Waals surface area contributed by atoms with Crippen LogP contribution in [-0.4, -0.2) is 67.6 Å². The molecule has 1 saturated carbocycles. The number of ether oxygens (including phenoxy) is 3. The van der Waals surface area contributed by atoms with Crippen molar-refractivity contribution in [3.05, 3.63) is 11.4 Å². The van der Waals surface area contributed by atoms with Crippen molar-refractivity contribution in [1.29, 1.82) is 0 Å². The molecular weight excluding hydrogens is 480 g/mol. The average Bonchev–Trinajstić information content (AvgIpc) is 3.07. The number of hydrazine groups is 1. The highest BCUT2D eigenvalue weighted by molar-refractivity contribution is 6.00. The van der Waals surface area contributed by atoms with Crippen LogP contribution in [0.1, 0.15) is 73.1 Å². The van der Waals surface area contributed by atoms with Gasteiger partial charge in [0.05, 0.1) is 26.9 Å². The number of amides is 2. The summed E-state index contributed by atoms with van der Waals surface area (Å²) in [6.07, 6.45) is 4.17. The zero-order valence-electron chi connectivity index (χ0n) is 23.1. The maximum absolute atomic E-state index is 10.6. The van der Waals surface area contributed by atoms with Crippen LogP contribution in [0.3, 0.4) is 0 Å². The van der Waals surface area contributed by atoms with Gasteiger partial charge in [0.1, 0.15) is 0 Å². The van der Waals surface area contributed by atoms with Crippen molar-refractivity contribution in [3.8, 4) is 0 Å². The number of nitrogens with zero attached hydrogens (tertiary/aromatic N) is 2. The minimum absolute atomic E-state index is 0.147. The standard InChI is InChI=1S/C21H37N3O4.C5H7NO3/c1-18(2)27-12-19(3,13-28-18)11-24(23)16-7-9-21(5)17(10-26-14-25)20(21,4)8-6-15(16)22;1-9-6-4(7)2-3-5(6)8/h14,17H,6-13,22-23H2,1-5H3;2-3H2,1H3/b16-15-;. The van der Waals surface area contributed by atoms with Gasteiger partial charge in [0.15, 0.2) is 5.79 Å². The van der Waals surface area contributed by atoms with Crippen LogP contribution in [0.2, 0.25) is 0 Å². The minimum Gasteiger partial charge on any atom is -0.468 e. The average molecular weight is 525 g/mol.